The molecule has 5 nitrogen and oxygen atoms in total. The lowest BCUT2D eigenvalue weighted by molar-refractivity contribution is -0.137. The van der Waals surface area contributed by atoms with E-state index < -0.39 is 5.97 Å². The maximum atomic E-state index is 11.3. The van der Waals surface area contributed by atoms with Gasteiger partial charge in [0.15, 0.2) is 0 Å². The highest BCUT2D eigenvalue weighted by Gasteiger charge is 2.05. The number of unbranched alkanes of at least 4 members (excludes halogenated alkanes) is 1. The first-order valence-electron chi connectivity index (χ1n) is 5.82. The highest BCUT2D eigenvalue weighted by atomic mass is 16.4. The van der Waals surface area contributed by atoms with Gasteiger partial charge in [0.25, 0.3) is 0 Å². The van der Waals surface area contributed by atoms with E-state index in [9.17, 15) is 9.59 Å². The van der Waals surface area contributed by atoms with Crippen LogP contribution in [0.25, 0.3) is 0 Å². The number of hydrogen-bond donors (Lipinski definition) is 3. The van der Waals surface area contributed by atoms with Crippen molar-refractivity contribution in [2.45, 2.75) is 52.0 Å². The summed E-state index contributed by atoms with van der Waals surface area (Å²) in [4.78, 5) is 21.5. The maximum absolute atomic E-state index is 11.3. The van der Waals surface area contributed by atoms with Gasteiger partial charge in [-0.2, -0.15) is 0 Å². The second kappa shape index (κ2) is 9.00. The van der Waals surface area contributed by atoms with Gasteiger partial charge in [-0.25, -0.2) is 4.79 Å². The van der Waals surface area contributed by atoms with Crippen molar-refractivity contribution < 1.29 is 14.7 Å². The predicted molar refractivity (Wildman–Crippen MR) is 62.4 cm³/mol. The Morgan fingerprint density at radius 1 is 1.31 bits per heavy atom. The van der Waals surface area contributed by atoms with E-state index in [2.05, 4.69) is 17.6 Å². The molecule has 94 valence electrons. The van der Waals surface area contributed by atoms with E-state index in [1.54, 1.807) is 0 Å². The number of carboxylic acids is 1. The Labute approximate surface area is 96.6 Å². The van der Waals surface area contributed by atoms with Crippen LogP contribution in [0, 0.1) is 0 Å². The first-order chi connectivity index (χ1) is 7.56. The molecule has 0 rings (SSSR count). The maximum Gasteiger partial charge on any atom is 0.314 e. The number of rotatable bonds is 8. The number of nitrogens with one attached hydrogen (secondary N) is 2. The fourth-order valence-corrected chi connectivity index (χ4v) is 1.30. The molecule has 1 atom stereocenters. The van der Waals surface area contributed by atoms with Crippen LogP contribution in [0.3, 0.4) is 0 Å². The van der Waals surface area contributed by atoms with Gasteiger partial charge in [0.1, 0.15) is 0 Å². The number of urea groups is 1. The number of amides is 2. The summed E-state index contributed by atoms with van der Waals surface area (Å²) in [5, 5.41) is 13.8. The minimum absolute atomic E-state index is 0.0890. The van der Waals surface area contributed by atoms with Gasteiger partial charge in [-0.15, -0.1) is 0 Å². The molecule has 5 heteroatoms. The van der Waals surface area contributed by atoms with Crippen molar-refractivity contribution in [1.29, 1.82) is 0 Å². The lowest BCUT2D eigenvalue weighted by Crippen LogP contribution is -2.41. The summed E-state index contributed by atoms with van der Waals surface area (Å²) in [5.74, 6) is -0.835. The van der Waals surface area contributed by atoms with Gasteiger partial charge in [0.2, 0.25) is 0 Å². The van der Waals surface area contributed by atoms with Crippen LogP contribution in [0.4, 0.5) is 4.79 Å². The molecule has 0 aromatic rings. The molecular formula is C11H22N2O3. The van der Waals surface area contributed by atoms with Crippen LogP contribution >= 0.6 is 0 Å². The molecule has 1 unspecified atom stereocenters. The number of carboxylic acid groups (broad SMARTS) is 1. The lowest BCUT2D eigenvalue weighted by atomic mass is 10.1. The van der Waals surface area contributed by atoms with Crippen molar-refractivity contribution in [3.8, 4) is 0 Å². The van der Waals surface area contributed by atoms with Crippen LogP contribution < -0.4 is 10.6 Å². The van der Waals surface area contributed by atoms with Crippen molar-refractivity contribution in [2.24, 2.45) is 0 Å². The molecule has 0 aliphatic rings. The van der Waals surface area contributed by atoms with Crippen molar-refractivity contribution >= 4 is 12.0 Å². The Bertz CT molecular complexity index is 219. The van der Waals surface area contributed by atoms with E-state index >= 15 is 0 Å². The van der Waals surface area contributed by atoms with E-state index in [0.29, 0.717) is 13.0 Å². The lowest BCUT2D eigenvalue weighted by Gasteiger charge is -2.13. The molecule has 0 fully saturated rings. The summed E-state index contributed by atoms with van der Waals surface area (Å²) >= 11 is 0. The van der Waals surface area contributed by atoms with Crippen LogP contribution in [-0.2, 0) is 4.79 Å². The number of carbonyl (C=O) groups is 2. The van der Waals surface area contributed by atoms with E-state index in [1.807, 2.05) is 6.92 Å². The van der Waals surface area contributed by atoms with Gasteiger partial charge in [0.05, 0.1) is 0 Å². The summed E-state index contributed by atoms with van der Waals surface area (Å²) in [5.41, 5.74) is 0. The minimum atomic E-state index is -0.835. The second-order valence-electron chi connectivity index (χ2n) is 3.94. The monoisotopic (exact) mass is 230 g/mol. The highest BCUT2D eigenvalue weighted by Crippen LogP contribution is 1.98. The molecule has 0 spiro atoms. The zero-order valence-electron chi connectivity index (χ0n) is 10.1. The fourth-order valence-electron chi connectivity index (χ4n) is 1.30. The summed E-state index contributed by atoms with van der Waals surface area (Å²) in [6.45, 7) is 4.48. The molecule has 0 bridgehead atoms. The standard InChI is InChI=1S/C11H22N2O3/c1-3-4-6-9(2)13-11(16)12-8-5-7-10(14)15/h9H,3-8H2,1-2H3,(H,14,15)(H2,12,13,16). The SMILES string of the molecule is CCCCC(C)NC(=O)NCCCC(=O)O. The summed E-state index contributed by atoms with van der Waals surface area (Å²) < 4.78 is 0. The minimum Gasteiger partial charge on any atom is -0.481 e. The van der Waals surface area contributed by atoms with Crippen LogP contribution in [0.5, 0.6) is 0 Å². The zero-order valence-corrected chi connectivity index (χ0v) is 10.1. The Morgan fingerprint density at radius 3 is 2.56 bits per heavy atom. The van der Waals surface area contributed by atoms with Crippen molar-refractivity contribution in [3.63, 3.8) is 0 Å². The van der Waals surface area contributed by atoms with Crippen LogP contribution in [-0.4, -0.2) is 29.7 Å². The van der Waals surface area contributed by atoms with Crippen LogP contribution in [0.1, 0.15) is 46.0 Å². The van der Waals surface area contributed by atoms with Crippen LogP contribution in [0.2, 0.25) is 0 Å². The summed E-state index contributed by atoms with van der Waals surface area (Å²) in [7, 11) is 0. The topological polar surface area (TPSA) is 78.4 Å². The van der Waals surface area contributed by atoms with Gasteiger partial charge in [0, 0.05) is 19.0 Å². The highest BCUT2D eigenvalue weighted by molar-refractivity contribution is 5.74. The van der Waals surface area contributed by atoms with Gasteiger partial charge in [-0.3, -0.25) is 4.79 Å². The molecule has 0 heterocycles. The zero-order chi connectivity index (χ0) is 12.4. The molecule has 0 saturated carbocycles. The quantitative estimate of drug-likeness (QED) is 0.556. The first kappa shape index (κ1) is 14.7. The molecule has 2 amide bonds. The molecule has 0 saturated heterocycles. The first-order valence-corrected chi connectivity index (χ1v) is 5.82. The van der Waals surface area contributed by atoms with E-state index in [4.69, 9.17) is 5.11 Å². The number of carbonyl (C=O) groups excluding carboxylic acids is 1. The van der Waals surface area contributed by atoms with E-state index in [-0.39, 0.29) is 18.5 Å². The van der Waals surface area contributed by atoms with Crippen molar-refractivity contribution in [2.75, 3.05) is 6.54 Å². The van der Waals surface area contributed by atoms with E-state index in [1.165, 1.54) is 0 Å². The average Bonchev–Trinajstić information content (AvgIpc) is 2.21. The molecule has 0 radical (unpaired) electrons. The summed E-state index contributed by atoms with van der Waals surface area (Å²) in [6, 6.07) is -0.0478. The largest absolute Gasteiger partial charge is 0.481 e. The Kier molecular flexibility index (Phi) is 8.29. The Balaban J connectivity index is 3.46. The van der Waals surface area contributed by atoms with Crippen LogP contribution in [0.15, 0.2) is 0 Å². The third-order valence-electron chi connectivity index (χ3n) is 2.22. The van der Waals surface area contributed by atoms with Crippen molar-refractivity contribution in [3.05, 3.63) is 0 Å². The average molecular weight is 230 g/mol. The molecule has 0 aromatic heterocycles. The molecule has 3 N–H and O–H groups in total. The normalized spacial score (nSPS) is 11.9. The molecular weight excluding hydrogens is 208 g/mol. The second-order valence-corrected chi connectivity index (χ2v) is 3.94. The molecule has 0 aliphatic heterocycles. The summed E-state index contributed by atoms with van der Waals surface area (Å²) in [6.07, 6.45) is 3.74. The predicted octanol–water partition coefficient (Wildman–Crippen LogP) is 1.73. The van der Waals surface area contributed by atoms with Gasteiger partial charge < -0.3 is 15.7 Å². The molecule has 16 heavy (non-hydrogen) atoms. The van der Waals surface area contributed by atoms with Crippen molar-refractivity contribution in [1.82, 2.24) is 10.6 Å². The number of hydrogen-bond acceptors (Lipinski definition) is 2. The van der Waals surface area contributed by atoms with E-state index in [0.717, 1.165) is 19.3 Å². The fraction of sp³-hybridized carbons (Fsp3) is 0.818. The van der Waals surface area contributed by atoms with Gasteiger partial charge >= 0.3 is 12.0 Å². The molecule has 0 aromatic carbocycles. The third-order valence-corrected chi connectivity index (χ3v) is 2.22. The third kappa shape index (κ3) is 9.30. The Hall–Kier alpha value is -1.26. The molecule has 0 aliphatic carbocycles. The van der Waals surface area contributed by atoms with Gasteiger partial charge in [-0.1, -0.05) is 19.8 Å². The number of aliphatic carboxylic acids is 1. The Morgan fingerprint density at radius 2 is 2.00 bits per heavy atom. The van der Waals surface area contributed by atoms with Gasteiger partial charge in [-0.05, 0) is 19.8 Å². The smallest absolute Gasteiger partial charge is 0.314 e.